The minimum atomic E-state index is 0.341. The van der Waals surface area contributed by atoms with Gasteiger partial charge in [-0.25, -0.2) is 14.6 Å². The molecule has 0 spiro atoms. The van der Waals surface area contributed by atoms with E-state index in [2.05, 4.69) is 38.7 Å². The molecule has 0 amide bonds. The summed E-state index contributed by atoms with van der Waals surface area (Å²) in [5, 5.41) is 4.40. The second kappa shape index (κ2) is 6.53. The highest BCUT2D eigenvalue weighted by molar-refractivity contribution is 7.71. The third-order valence-corrected chi connectivity index (χ3v) is 4.28. The average Bonchev–Trinajstić information content (AvgIpc) is 2.90. The molecular formula is C14H21N7S. The zero-order chi connectivity index (χ0) is 15.5. The molecule has 22 heavy (non-hydrogen) atoms. The normalized spacial score (nSPS) is 16.4. The van der Waals surface area contributed by atoms with Crippen LogP contribution in [-0.2, 0) is 6.67 Å². The standard InChI is InChI=1S/C14H21N7S/c1-12(2)20-10-17-21(14(20)22)11-18-6-8-19(9-7-18)13-15-4-3-5-16-13/h3-5,10,12H,6-9,11H2,1-2H3. The fraction of sp³-hybridized carbons (Fsp3) is 0.571. The van der Waals surface area contributed by atoms with Gasteiger partial charge in [0, 0.05) is 44.6 Å². The van der Waals surface area contributed by atoms with Gasteiger partial charge in [0.1, 0.15) is 6.33 Å². The van der Waals surface area contributed by atoms with E-state index in [1.165, 1.54) is 0 Å². The summed E-state index contributed by atoms with van der Waals surface area (Å²) in [6, 6.07) is 2.18. The molecule has 0 saturated carbocycles. The molecule has 2 aromatic heterocycles. The van der Waals surface area contributed by atoms with Crippen molar-refractivity contribution in [1.82, 2.24) is 29.2 Å². The first-order chi connectivity index (χ1) is 10.6. The van der Waals surface area contributed by atoms with Crippen LogP contribution in [-0.4, -0.2) is 55.4 Å². The van der Waals surface area contributed by atoms with Gasteiger partial charge in [-0.15, -0.1) is 0 Å². The summed E-state index contributed by atoms with van der Waals surface area (Å²) in [6.45, 7) is 8.70. The summed E-state index contributed by atoms with van der Waals surface area (Å²) in [6.07, 6.45) is 5.39. The van der Waals surface area contributed by atoms with Crippen LogP contribution >= 0.6 is 12.2 Å². The van der Waals surface area contributed by atoms with E-state index < -0.39 is 0 Å². The van der Waals surface area contributed by atoms with E-state index in [0.717, 1.165) is 43.6 Å². The van der Waals surface area contributed by atoms with Crippen molar-refractivity contribution < 1.29 is 0 Å². The zero-order valence-electron chi connectivity index (χ0n) is 13.0. The predicted octanol–water partition coefficient (Wildman–Crippen LogP) is 1.56. The first-order valence-electron chi connectivity index (χ1n) is 7.53. The predicted molar refractivity (Wildman–Crippen MR) is 87.3 cm³/mol. The molecule has 0 aliphatic carbocycles. The molecule has 3 rings (SSSR count). The highest BCUT2D eigenvalue weighted by Crippen LogP contribution is 2.11. The van der Waals surface area contributed by atoms with Crippen molar-refractivity contribution in [2.45, 2.75) is 26.6 Å². The fourth-order valence-electron chi connectivity index (χ4n) is 2.53. The van der Waals surface area contributed by atoms with Crippen molar-refractivity contribution in [2.75, 3.05) is 31.1 Å². The van der Waals surface area contributed by atoms with E-state index in [1.54, 1.807) is 12.4 Å². The Labute approximate surface area is 135 Å². The minimum absolute atomic E-state index is 0.341. The van der Waals surface area contributed by atoms with Gasteiger partial charge in [-0.3, -0.25) is 4.90 Å². The smallest absolute Gasteiger partial charge is 0.225 e. The average molecular weight is 319 g/mol. The molecule has 0 bridgehead atoms. The highest BCUT2D eigenvalue weighted by Gasteiger charge is 2.19. The molecule has 1 aliphatic heterocycles. The van der Waals surface area contributed by atoms with E-state index in [4.69, 9.17) is 12.2 Å². The largest absolute Gasteiger partial charge is 0.338 e. The maximum Gasteiger partial charge on any atom is 0.225 e. The Kier molecular flexibility index (Phi) is 4.49. The number of anilines is 1. The minimum Gasteiger partial charge on any atom is -0.338 e. The molecule has 0 N–H and O–H groups in total. The van der Waals surface area contributed by atoms with Gasteiger partial charge in [-0.05, 0) is 32.1 Å². The second-order valence-corrected chi connectivity index (χ2v) is 6.07. The van der Waals surface area contributed by atoms with E-state index >= 15 is 0 Å². The quantitative estimate of drug-likeness (QED) is 0.797. The maximum atomic E-state index is 5.48. The van der Waals surface area contributed by atoms with Crippen LogP contribution in [0.5, 0.6) is 0 Å². The van der Waals surface area contributed by atoms with Crippen LogP contribution in [0, 0.1) is 4.77 Å². The zero-order valence-corrected chi connectivity index (χ0v) is 13.8. The highest BCUT2D eigenvalue weighted by atomic mass is 32.1. The summed E-state index contributed by atoms with van der Waals surface area (Å²) in [5.41, 5.74) is 0. The van der Waals surface area contributed by atoms with Crippen molar-refractivity contribution in [3.63, 3.8) is 0 Å². The summed E-state index contributed by atoms with van der Waals surface area (Å²) in [4.78, 5) is 13.2. The molecule has 3 heterocycles. The van der Waals surface area contributed by atoms with Gasteiger partial charge in [0.2, 0.25) is 5.95 Å². The van der Waals surface area contributed by atoms with Crippen molar-refractivity contribution in [2.24, 2.45) is 0 Å². The van der Waals surface area contributed by atoms with Crippen LogP contribution in [0.1, 0.15) is 19.9 Å². The Balaban J connectivity index is 1.59. The summed E-state index contributed by atoms with van der Waals surface area (Å²) < 4.78 is 4.69. The molecule has 8 heteroatoms. The molecular weight excluding hydrogens is 298 g/mol. The first-order valence-corrected chi connectivity index (χ1v) is 7.94. The van der Waals surface area contributed by atoms with E-state index in [9.17, 15) is 0 Å². The van der Waals surface area contributed by atoms with E-state index in [0.29, 0.717) is 6.04 Å². The van der Waals surface area contributed by atoms with Gasteiger partial charge < -0.3 is 9.47 Å². The lowest BCUT2D eigenvalue weighted by Crippen LogP contribution is -2.47. The summed E-state index contributed by atoms with van der Waals surface area (Å²) >= 11 is 5.48. The molecule has 1 saturated heterocycles. The van der Waals surface area contributed by atoms with Crippen molar-refractivity contribution in [1.29, 1.82) is 0 Å². The Morgan fingerprint density at radius 1 is 1.14 bits per heavy atom. The molecule has 0 aromatic carbocycles. The van der Waals surface area contributed by atoms with Crippen molar-refractivity contribution in [3.8, 4) is 0 Å². The lowest BCUT2D eigenvalue weighted by Gasteiger charge is -2.34. The summed E-state index contributed by atoms with van der Waals surface area (Å²) in [7, 11) is 0. The first kappa shape index (κ1) is 15.1. The third kappa shape index (κ3) is 3.17. The topological polar surface area (TPSA) is 55.0 Å². The molecule has 1 fully saturated rings. The SMILES string of the molecule is CC(C)n1cnn(CN2CCN(c3ncccn3)CC2)c1=S. The Bertz CT molecular complexity index is 655. The van der Waals surface area contributed by atoms with E-state index in [-0.39, 0.29) is 0 Å². The molecule has 1 aliphatic rings. The molecule has 0 atom stereocenters. The van der Waals surface area contributed by atoms with Crippen LogP contribution in [0.2, 0.25) is 0 Å². The lowest BCUT2D eigenvalue weighted by molar-refractivity contribution is 0.193. The fourth-order valence-corrected chi connectivity index (χ4v) is 2.90. The van der Waals surface area contributed by atoms with Gasteiger partial charge in [-0.1, -0.05) is 0 Å². The van der Waals surface area contributed by atoms with E-state index in [1.807, 2.05) is 21.6 Å². The van der Waals surface area contributed by atoms with Crippen LogP contribution in [0.4, 0.5) is 5.95 Å². The molecule has 118 valence electrons. The van der Waals surface area contributed by atoms with Gasteiger partial charge in [0.25, 0.3) is 0 Å². The van der Waals surface area contributed by atoms with Gasteiger partial charge >= 0.3 is 0 Å². The Morgan fingerprint density at radius 3 is 2.41 bits per heavy atom. The van der Waals surface area contributed by atoms with Gasteiger partial charge in [0.05, 0.1) is 6.67 Å². The molecule has 0 radical (unpaired) electrons. The van der Waals surface area contributed by atoms with Crippen molar-refractivity contribution >= 4 is 18.2 Å². The number of aromatic nitrogens is 5. The second-order valence-electron chi connectivity index (χ2n) is 5.71. The Hall–Kier alpha value is -1.80. The monoisotopic (exact) mass is 319 g/mol. The molecule has 7 nitrogen and oxygen atoms in total. The molecule has 0 unspecified atom stereocenters. The van der Waals surface area contributed by atoms with Crippen LogP contribution < -0.4 is 4.90 Å². The van der Waals surface area contributed by atoms with Crippen molar-refractivity contribution in [3.05, 3.63) is 29.6 Å². The molecule has 2 aromatic rings. The van der Waals surface area contributed by atoms with Gasteiger partial charge in [0.15, 0.2) is 4.77 Å². The van der Waals surface area contributed by atoms with Gasteiger partial charge in [-0.2, -0.15) is 5.10 Å². The van der Waals surface area contributed by atoms with Crippen LogP contribution in [0.3, 0.4) is 0 Å². The number of nitrogens with zero attached hydrogens (tertiary/aromatic N) is 7. The van der Waals surface area contributed by atoms with Crippen LogP contribution in [0.15, 0.2) is 24.8 Å². The number of hydrogen-bond acceptors (Lipinski definition) is 6. The maximum absolute atomic E-state index is 5.48. The lowest BCUT2D eigenvalue weighted by atomic mass is 10.3. The number of rotatable bonds is 4. The number of hydrogen-bond donors (Lipinski definition) is 0. The third-order valence-electron chi connectivity index (χ3n) is 3.85. The van der Waals surface area contributed by atoms with Crippen LogP contribution in [0.25, 0.3) is 0 Å². The summed E-state index contributed by atoms with van der Waals surface area (Å²) in [5.74, 6) is 0.808. The number of piperazine rings is 1. The Morgan fingerprint density at radius 2 is 1.82 bits per heavy atom.